The van der Waals surface area contributed by atoms with Gasteiger partial charge in [0.25, 0.3) is 5.92 Å². The lowest BCUT2D eigenvalue weighted by molar-refractivity contribution is -0.138. The fourth-order valence-corrected chi connectivity index (χ4v) is 5.07. The van der Waals surface area contributed by atoms with E-state index in [1.54, 1.807) is 39.6 Å². The molecule has 15 heteroatoms. The van der Waals surface area contributed by atoms with E-state index in [9.17, 15) is 22.0 Å². The number of benzene rings is 1. The number of anilines is 2. The number of likely N-dealkylation sites (tertiary alicyclic amines) is 1. The van der Waals surface area contributed by atoms with Crippen molar-refractivity contribution >= 4 is 39.9 Å². The zero-order valence-electron chi connectivity index (χ0n) is 21.5. The molecule has 0 unspecified atom stereocenters. The van der Waals surface area contributed by atoms with Crippen molar-refractivity contribution in [1.82, 2.24) is 34.0 Å². The van der Waals surface area contributed by atoms with Crippen LogP contribution in [0.15, 0.2) is 49.2 Å². The normalized spacial score (nSPS) is 16.0. The molecular formula is C26H22ClF5N8O. The maximum absolute atomic E-state index is 14.0. The number of hydrogen-bond acceptors (Lipinski definition) is 7. The maximum Gasteiger partial charge on any atom is 0.416 e. The van der Waals surface area contributed by atoms with Gasteiger partial charge in [0.15, 0.2) is 17.1 Å². The zero-order valence-corrected chi connectivity index (χ0v) is 22.2. The van der Waals surface area contributed by atoms with Crippen LogP contribution in [0.1, 0.15) is 24.0 Å². The molecule has 0 spiro atoms. The van der Waals surface area contributed by atoms with Gasteiger partial charge in [-0.25, -0.2) is 18.3 Å². The first kappa shape index (κ1) is 27.1. The summed E-state index contributed by atoms with van der Waals surface area (Å²) in [6.07, 6.45) is 2.34. The lowest BCUT2D eigenvalue weighted by Gasteiger charge is -2.32. The zero-order chi connectivity index (χ0) is 28.9. The van der Waals surface area contributed by atoms with Crippen molar-refractivity contribution in [3.8, 4) is 11.5 Å². The molecule has 0 bridgehead atoms. The second-order valence-electron chi connectivity index (χ2n) is 9.75. The summed E-state index contributed by atoms with van der Waals surface area (Å²) in [5, 5.41) is 7.30. The molecule has 4 aromatic heterocycles. The van der Waals surface area contributed by atoms with Crippen molar-refractivity contribution in [2.45, 2.75) is 31.5 Å². The van der Waals surface area contributed by atoms with Crippen LogP contribution in [0.2, 0.25) is 5.02 Å². The topological polar surface area (TPSA) is 85.4 Å². The van der Waals surface area contributed by atoms with Gasteiger partial charge in [-0.1, -0.05) is 17.7 Å². The number of hydrogen-bond donors (Lipinski definition) is 1. The van der Waals surface area contributed by atoms with Crippen molar-refractivity contribution < 1.29 is 26.7 Å². The molecule has 0 aliphatic carbocycles. The minimum absolute atomic E-state index is 0.00709. The number of halogens is 6. The number of aryl methyl sites for hydroxylation is 1. The Kier molecular flexibility index (Phi) is 6.69. The average molecular weight is 593 g/mol. The van der Waals surface area contributed by atoms with Crippen molar-refractivity contribution in [3.63, 3.8) is 0 Å². The summed E-state index contributed by atoms with van der Waals surface area (Å²) in [5.41, 5.74) is 0.551. The summed E-state index contributed by atoms with van der Waals surface area (Å²) in [6, 6.07) is 3.82. The van der Waals surface area contributed by atoms with Gasteiger partial charge in [0.05, 0.1) is 24.2 Å². The van der Waals surface area contributed by atoms with E-state index in [1.165, 1.54) is 24.5 Å². The molecule has 5 heterocycles. The highest BCUT2D eigenvalue weighted by molar-refractivity contribution is 6.36. The molecule has 1 saturated heterocycles. The van der Waals surface area contributed by atoms with Crippen LogP contribution >= 0.6 is 11.6 Å². The maximum atomic E-state index is 14.0. The number of nitrogens with one attached hydrogen (secondary N) is 1. The average Bonchev–Trinajstić information content (AvgIpc) is 3.48. The first-order valence-corrected chi connectivity index (χ1v) is 12.9. The van der Waals surface area contributed by atoms with E-state index in [-0.39, 0.29) is 66.1 Å². The number of imidazole rings is 1. The van der Waals surface area contributed by atoms with Gasteiger partial charge >= 0.3 is 6.18 Å². The van der Waals surface area contributed by atoms with Gasteiger partial charge in [-0.15, -0.1) is 0 Å². The van der Waals surface area contributed by atoms with Crippen LogP contribution in [-0.4, -0.2) is 53.0 Å². The molecule has 1 N–H and O–H groups in total. The van der Waals surface area contributed by atoms with Crippen molar-refractivity contribution in [1.29, 1.82) is 0 Å². The highest BCUT2D eigenvalue weighted by Gasteiger charge is 2.37. The highest BCUT2D eigenvalue weighted by atomic mass is 35.5. The molecular weight excluding hydrogens is 571 g/mol. The fraction of sp³-hybridized carbons (Fsp3) is 0.308. The third-order valence-electron chi connectivity index (χ3n) is 6.97. The number of nitrogens with zero attached hydrogens (tertiary/aromatic N) is 7. The monoisotopic (exact) mass is 592 g/mol. The number of fused-ring (bicyclic) bond motifs is 2. The number of piperidine rings is 1. The number of ether oxygens (including phenoxy) is 1. The van der Waals surface area contributed by atoms with E-state index in [0.717, 1.165) is 6.07 Å². The highest BCUT2D eigenvalue weighted by Crippen LogP contribution is 2.38. The van der Waals surface area contributed by atoms with Crippen LogP contribution in [0.25, 0.3) is 16.7 Å². The van der Waals surface area contributed by atoms with Crippen molar-refractivity contribution in [2.24, 2.45) is 7.05 Å². The van der Waals surface area contributed by atoms with Crippen LogP contribution in [0, 0.1) is 0 Å². The Balaban J connectivity index is 1.27. The molecule has 5 aromatic rings. The van der Waals surface area contributed by atoms with E-state index in [2.05, 4.69) is 25.4 Å². The molecule has 0 amide bonds. The molecule has 41 heavy (non-hydrogen) atoms. The molecule has 1 aliphatic heterocycles. The lowest BCUT2D eigenvalue weighted by Crippen LogP contribution is -2.39. The van der Waals surface area contributed by atoms with Crippen molar-refractivity contribution in [2.75, 3.05) is 18.4 Å². The molecule has 0 saturated carbocycles. The van der Waals surface area contributed by atoms with Gasteiger partial charge in [-0.3, -0.25) is 9.88 Å². The third kappa shape index (κ3) is 5.36. The number of aromatic nitrogens is 6. The van der Waals surface area contributed by atoms with Crippen LogP contribution in [-0.2, 0) is 19.8 Å². The summed E-state index contributed by atoms with van der Waals surface area (Å²) in [6.45, 7) is -0.0294. The number of pyridine rings is 1. The Bertz CT molecular complexity index is 1740. The van der Waals surface area contributed by atoms with E-state index in [4.69, 9.17) is 16.3 Å². The van der Waals surface area contributed by atoms with Crippen LogP contribution in [0.5, 0.6) is 11.5 Å². The van der Waals surface area contributed by atoms with Crippen LogP contribution < -0.4 is 10.1 Å². The Labute approximate surface area is 234 Å². The summed E-state index contributed by atoms with van der Waals surface area (Å²) in [7, 11) is 1.64. The SMILES string of the molecule is Cn1c(Nc2ccc(CN3CCC(F)(F)CC3)c(C(F)(F)F)c2)nc2ncc(Oc3cnn4ccncc34)c(Cl)c21. The summed E-state index contributed by atoms with van der Waals surface area (Å²) < 4.78 is 78.1. The van der Waals surface area contributed by atoms with Crippen LogP contribution in [0.4, 0.5) is 33.6 Å². The van der Waals surface area contributed by atoms with Gasteiger partial charge in [0, 0.05) is 57.6 Å². The Morgan fingerprint density at radius 2 is 1.88 bits per heavy atom. The van der Waals surface area contributed by atoms with E-state index < -0.39 is 17.7 Å². The van der Waals surface area contributed by atoms with Gasteiger partial charge < -0.3 is 14.6 Å². The Morgan fingerprint density at radius 3 is 2.63 bits per heavy atom. The van der Waals surface area contributed by atoms with E-state index in [1.807, 2.05) is 0 Å². The minimum atomic E-state index is -4.65. The largest absolute Gasteiger partial charge is 0.450 e. The molecule has 1 aliphatic rings. The number of rotatable bonds is 6. The van der Waals surface area contributed by atoms with Gasteiger partial charge in [-0.05, 0) is 17.7 Å². The van der Waals surface area contributed by atoms with E-state index >= 15 is 0 Å². The van der Waals surface area contributed by atoms with Gasteiger partial charge in [0.2, 0.25) is 5.95 Å². The predicted molar refractivity (Wildman–Crippen MR) is 141 cm³/mol. The first-order valence-electron chi connectivity index (χ1n) is 12.5. The van der Waals surface area contributed by atoms with Gasteiger partial charge in [0.1, 0.15) is 16.1 Å². The molecule has 214 valence electrons. The molecule has 1 fully saturated rings. The molecule has 0 radical (unpaired) electrons. The second-order valence-corrected chi connectivity index (χ2v) is 10.1. The Hall–Kier alpha value is -4.04. The summed E-state index contributed by atoms with van der Waals surface area (Å²) >= 11 is 6.65. The molecule has 9 nitrogen and oxygen atoms in total. The van der Waals surface area contributed by atoms with E-state index in [0.29, 0.717) is 16.8 Å². The summed E-state index contributed by atoms with van der Waals surface area (Å²) in [5.74, 6) is -1.95. The molecule has 0 atom stereocenters. The minimum Gasteiger partial charge on any atom is -0.450 e. The molecule has 1 aromatic carbocycles. The second kappa shape index (κ2) is 10.1. The Morgan fingerprint density at radius 1 is 1.10 bits per heavy atom. The quantitative estimate of drug-likeness (QED) is 0.227. The standard InChI is InChI=1S/C26H22ClF5N8O/c1-38-22-21(27)20(41-19-13-35-40-9-6-33-11-18(19)40)12-34-23(22)37-24(38)36-16-3-2-15(17(10-16)26(30,31)32)14-39-7-4-25(28,29)5-8-39/h2-3,6,9-13H,4-5,7-8,14H2,1H3,(H,34,36,37). The number of alkyl halides is 5. The summed E-state index contributed by atoms with van der Waals surface area (Å²) in [4.78, 5) is 14.4. The first-order chi connectivity index (χ1) is 19.5. The van der Waals surface area contributed by atoms with Crippen LogP contribution in [0.3, 0.4) is 0 Å². The lowest BCUT2D eigenvalue weighted by atomic mass is 10.0. The van der Waals surface area contributed by atoms with Crippen molar-refractivity contribution in [3.05, 3.63) is 65.3 Å². The van der Waals surface area contributed by atoms with Gasteiger partial charge in [-0.2, -0.15) is 23.3 Å². The fourth-order valence-electron chi connectivity index (χ4n) is 4.77. The smallest absolute Gasteiger partial charge is 0.416 e. The molecule has 6 rings (SSSR count). The third-order valence-corrected chi connectivity index (χ3v) is 7.33. The predicted octanol–water partition coefficient (Wildman–Crippen LogP) is 6.45.